The van der Waals surface area contributed by atoms with E-state index in [1.165, 1.54) is 0 Å². The summed E-state index contributed by atoms with van der Waals surface area (Å²) in [5.41, 5.74) is 1.78. The van der Waals surface area contributed by atoms with Crippen molar-refractivity contribution in [2.24, 2.45) is 11.8 Å². The minimum absolute atomic E-state index is 0.0364. The fourth-order valence-electron chi connectivity index (χ4n) is 6.29. The molecule has 2 bridgehead atoms. The Kier molecular flexibility index (Phi) is 9.12. The van der Waals surface area contributed by atoms with Crippen LogP contribution in [0.2, 0.25) is 0 Å². The van der Waals surface area contributed by atoms with E-state index in [2.05, 4.69) is 45.3 Å². The number of aliphatic hydroxyl groups excluding tert-OH is 1. The molecular formula is C27H39BrN4O4S. The highest BCUT2D eigenvalue weighted by molar-refractivity contribution is 9.09. The van der Waals surface area contributed by atoms with Crippen LogP contribution < -0.4 is 15.5 Å². The van der Waals surface area contributed by atoms with Gasteiger partial charge in [0.05, 0.1) is 16.6 Å². The minimum atomic E-state index is -0.676. The summed E-state index contributed by atoms with van der Waals surface area (Å²) >= 11 is 5.43. The van der Waals surface area contributed by atoms with E-state index < -0.39 is 22.6 Å². The third-order valence-corrected chi connectivity index (χ3v) is 11.2. The zero-order valence-electron chi connectivity index (χ0n) is 21.9. The van der Waals surface area contributed by atoms with Gasteiger partial charge in [0.25, 0.3) is 0 Å². The number of unbranched alkanes of at least 4 members (excludes halogenated alkanes) is 1. The molecule has 8 nitrogen and oxygen atoms in total. The van der Waals surface area contributed by atoms with Crippen molar-refractivity contribution < 1.29 is 19.5 Å². The summed E-state index contributed by atoms with van der Waals surface area (Å²) in [4.78, 5) is 45.0. The Hall–Kier alpha value is -1.78. The number of hydrogen-bond donors (Lipinski definition) is 3. The van der Waals surface area contributed by atoms with Crippen molar-refractivity contribution >= 4 is 56.8 Å². The first-order valence-corrected chi connectivity index (χ1v) is 15.3. The van der Waals surface area contributed by atoms with Crippen molar-refractivity contribution in [3.05, 3.63) is 24.3 Å². The van der Waals surface area contributed by atoms with Gasteiger partial charge >= 0.3 is 0 Å². The van der Waals surface area contributed by atoms with Crippen molar-refractivity contribution in [3.63, 3.8) is 0 Å². The summed E-state index contributed by atoms with van der Waals surface area (Å²) in [5.74, 6) is -1.40. The number of nitrogens with one attached hydrogen (secondary N) is 2. The van der Waals surface area contributed by atoms with Crippen LogP contribution in [0.25, 0.3) is 0 Å². The van der Waals surface area contributed by atoms with Crippen molar-refractivity contribution in [2.75, 3.05) is 43.0 Å². The number of carbonyl (C=O) groups is 3. The highest BCUT2D eigenvalue weighted by Crippen LogP contribution is 2.67. The van der Waals surface area contributed by atoms with Crippen molar-refractivity contribution in [2.45, 2.75) is 67.3 Å². The molecule has 0 aliphatic carbocycles. The van der Waals surface area contributed by atoms with E-state index in [1.807, 2.05) is 31.2 Å². The van der Waals surface area contributed by atoms with Gasteiger partial charge in [-0.1, -0.05) is 22.9 Å². The standard InChI is InChI=1S/C27H39BrN4O4S/c1-4-13-29-24(34)20-21-26(36)32(14-7-8-15-33)23(27(21)16-19(28)22(20)37-27)25(35)30-17-9-11-18(12-10-17)31(5-2)6-3/h9-12,19-23,33H,4-8,13-16H2,1-3H3,(H,29,34)(H,30,35)/t19?,20-,21-,22-,23?,27?/m0/s1. The molecule has 204 valence electrons. The fourth-order valence-corrected chi connectivity index (χ4v) is 9.90. The lowest BCUT2D eigenvalue weighted by Crippen LogP contribution is -2.53. The summed E-state index contributed by atoms with van der Waals surface area (Å²) in [7, 11) is 0. The number of hydrogen-bond acceptors (Lipinski definition) is 6. The van der Waals surface area contributed by atoms with Crippen LogP contribution in [0.5, 0.6) is 0 Å². The molecule has 37 heavy (non-hydrogen) atoms. The lowest BCUT2D eigenvalue weighted by Gasteiger charge is -2.35. The van der Waals surface area contributed by atoms with E-state index in [9.17, 15) is 19.5 Å². The van der Waals surface area contributed by atoms with Gasteiger partial charge in [-0.25, -0.2) is 0 Å². The fraction of sp³-hybridized carbons (Fsp3) is 0.667. The second-order valence-electron chi connectivity index (χ2n) is 10.1. The van der Waals surface area contributed by atoms with Crippen molar-refractivity contribution in [3.8, 4) is 0 Å². The topological polar surface area (TPSA) is 102 Å². The average molecular weight is 596 g/mol. The van der Waals surface area contributed by atoms with Crippen molar-refractivity contribution in [1.29, 1.82) is 0 Å². The molecular weight excluding hydrogens is 556 g/mol. The van der Waals surface area contributed by atoms with E-state index in [0.717, 1.165) is 25.2 Å². The van der Waals surface area contributed by atoms with Gasteiger partial charge in [-0.3, -0.25) is 14.4 Å². The van der Waals surface area contributed by atoms with Gasteiger partial charge in [-0.05, 0) is 63.8 Å². The zero-order chi connectivity index (χ0) is 26.7. The number of benzene rings is 1. The summed E-state index contributed by atoms with van der Waals surface area (Å²) in [6, 6.07) is 7.13. The van der Waals surface area contributed by atoms with E-state index in [1.54, 1.807) is 16.7 Å². The number of fused-ring (bicyclic) bond motifs is 1. The number of rotatable bonds is 12. The molecule has 6 atom stereocenters. The summed E-state index contributed by atoms with van der Waals surface area (Å²) < 4.78 is -0.658. The number of likely N-dealkylation sites (tertiary alicyclic amines) is 1. The summed E-state index contributed by atoms with van der Waals surface area (Å²) in [6.07, 6.45) is 2.64. The molecule has 1 aromatic carbocycles. The van der Waals surface area contributed by atoms with Crippen LogP contribution >= 0.6 is 27.7 Å². The van der Waals surface area contributed by atoms with Gasteiger partial charge in [0, 0.05) is 54.2 Å². The lowest BCUT2D eigenvalue weighted by molar-refractivity contribution is -0.139. The maximum absolute atomic E-state index is 13.9. The molecule has 0 radical (unpaired) electrons. The molecule has 10 heteroatoms. The van der Waals surface area contributed by atoms with E-state index in [-0.39, 0.29) is 34.4 Å². The first kappa shape index (κ1) is 28.2. The van der Waals surface area contributed by atoms with Gasteiger partial charge < -0.3 is 25.5 Å². The number of thioether (sulfide) groups is 1. The molecule has 3 N–H and O–H groups in total. The Morgan fingerprint density at radius 3 is 2.49 bits per heavy atom. The van der Waals surface area contributed by atoms with Crippen LogP contribution in [0.15, 0.2) is 24.3 Å². The summed E-state index contributed by atoms with van der Waals surface area (Å²) in [5, 5.41) is 15.4. The van der Waals surface area contributed by atoms with Crippen molar-refractivity contribution in [1.82, 2.24) is 10.2 Å². The molecule has 3 amide bonds. The Labute approximate surface area is 232 Å². The Bertz CT molecular complexity index is 991. The van der Waals surface area contributed by atoms with Crippen LogP contribution in [-0.4, -0.2) is 81.4 Å². The maximum Gasteiger partial charge on any atom is 0.248 e. The average Bonchev–Trinajstić information content (AvgIpc) is 3.48. The van der Waals surface area contributed by atoms with Crippen LogP contribution in [0.4, 0.5) is 11.4 Å². The molecule has 0 saturated carbocycles. The molecule has 4 rings (SSSR count). The maximum atomic E-state index is 13.9. The summed E-state index contributed by atoms with van der Waals surface area (Å²) in [6.45, 7) is 9.02. The largest absolute Gasteiger partial charge is 0.396 e. The smallest absolute Gasteiger partial charge is 0.248 e. The molecule has 3 fully saturated rings. The van der Waals surface area contributed by atoms with Gasteiger partial charge in [0.15, 0.2) is 0 Å². The molecule has 0 aromatic heterocycles. The quantitative estimate of drug-likeness (QED) is 0.254. The van der Waals surface area contributed by atoms with E-state index in [0.29, 0.717) is 38.0 Å². The minimum Gasteiger partial charge on any atom is -0.396 e. The zero-order valence-corrected chi connectivity index (χ0v) is 24.3. The van der Waals surface area contributed by atoms with Crippen LogP contribution in [0, 0.1) is 11.8 Å². The molecule has 3 aliphatic rings. The second kappa shape index (κ2) is 11.9. The third-order valence-electron chi connectivity index (χ3n) is 7.96. The predicted octanol–water partition coefficient (Wildman–Crippen LogP) is 3.23. The second-order valence-corrected chi connectivity index (χ2v) is 12.8. The van der Waals surface area contributed by atoms with Gasteiger partial charge in [0.2, 0.25) is 17.7 Å². The number of amides is 3. The Balaban J connectivity index is 1.62. The van der Waals surface area contributed by atoms with E-state index >= 15 is 0 Å². The molecule has 1 aromatic rings. The van der Waals surface area contributed by atoms with Gasteiger partial charge in [-0.15, -0.1) is 11.8 Å². The monoisotopic (exact) mass is 594 g/mol. The number of nitrogens with zero attached hydrogens (tertiary/aromatic N) is 2. The van der Waals surface area contributed by atoms with Gasteiger partial charge in [-0.2, -0.15) is 0 Å². The number of carbonyl (C=O) groups excluding carboxylic acids is 3. The number of alkyl halides is 1. The third kappa shape index (κ3) is 5.13. The van der Waals surface area contributed by atoms with Crippen LogP contribution in [0.3, 0.4) is 0 Å². The first-order chi connectivity index (χ1) is 17.8. The van der Waals surface area contributed by atoms with E-state index in [4.69, 9.17) is 0 Å². The number of halogens is 1. The van der Waals surface area contributed by atoms with Gasteiger partial charge in [0.1, 0.15) is 6.04 Å². The lowest BCUT2D eigenvalue weighted by atomic mass is 9.70. The number of aliphatic hydroxyl groups is 1. The normalized spacial score (nSPS) is 29.9. The molecule has 3 saturated heterocycles. The number of anilines is 2. The van der Waals surface area contributed by atoms with Crippen LogP contribution in [-0.2, 0) is 14.4 Å². The SMILES string of the molecule is CCCNC(=O)[C@H]1[C@H]2C(=O)N(CCCCO)C(C(=O)Nc3ccc(N(CC)CC)cc3)C23CC(Br)[C@@H]1S3. The predicted molar refractivity (Wildman–Crippen MR) is 152 cm³/mol. The highest BCUT2D eigenvalue weighted by Gasteiger charge is 2.75. The first-order valence-electron chi connectivity index (χ1n) is 13.5. The highest BCUT2D eigenvalue weighted by atomic mass is 79.9. The van der Waals surface area contributed by atoms with Crippen LogP contribution in [0.1, 0.15) is 46.5 Å². The molecule has 3 aliphatic heterocycles. The Morgan fingerprint density at radius 1 is 1.16 bits per heavy atom. The molecule has 1 spiro atoms. The molecule has 3 heterocycles. The molecule has 3 unspecified atom stereocenters. The Morgan fingerprint density at radius 2 is 1.86 bits per heavy atom.